The zero-order chi connectivity index (χ0) is 29.4. The van der Waals surface area contributed by atoms with Crippen LogP contribution in [0.4, 0.5) is 10.5 Å². The van der Waals surface area contributed by atoms with E-state index in [0.717, 1.165) is 21.5 Å². The van der Waals surface area contributed by atoms with Crippen molar-refractivity contribution in [3.63, 3.8) is 0 Å². The molecule has 2 amide bonds. The molecule has 4 aromatic carbocycles. The van der Waals surface area contributed by atoms with Crippen molar-refractivity contribution in [3.8, 4) is 0 Å². The molecule has 4 aromatic rings. The molecule has 0 saturated carbocycles. The molecule has 41 heavy (non-hydrogen) atoms. The van der Waals surface area contributed by atoms with Crippen LogP contribution in [0.15, 0.2) is 89.8 Å². The molecule has 0 bridgehead atoms. The first-order valence-electron chi connectivity index (χ1n) is 13.7. The summed E-state index contributed by atoms with van der Waals surface area (Å²) < 4.78 is 33.9. The smallest absolute Gasteiger partial charge is 0.415 e. The van der Waals surface area contributed by atoms with Crippen LogP contribution in [-0.2, 0) is 19.6 Å². The van der Waals surface area contributed by atoms with Crippen molar-refractivity contribution in [2.45, 2.75) is 44.2 Å². The maximum Gasteiger partial charge on any atom is 0.415 e. The molecule has 0 N–H and O–H groups in total. The molecule has 0 spiro atoms. The highest BCUT2D eigenvalue weighted by Gasteiger charge is 2.36. The SMILES string of the molecule is CC(C(=O)N1CCN(S(=O)(=O)c2ccc3ccccc3c2)CC1)N(C(=O)OC(C)(C)C)c1ccc2ccccc2c1. The summed E-state index contributed by atoms with van der Waals surface area (Å²) in [7, 11) is -3.73. The number of hydrogen-bond donors (Lipinski definition) is 0. The van der Waals surface area contributed by atoms with Crippen LogP contribution in [0.25, 0.3) is 21.5 Å². The first-order chi connectivity index (χ1) is 19.4. The molecule has 214 valence electrons. The molecular formula is C32H35N3O5S. The van der Waals surface area contributed by atoms with Gasteiger partial charge in [-0.3, -0.25) is 9.69 Å². The monoisotopic (exact) mass is 573 g/mol. The van der Waals surface area contributed by atoms with E-state index in [-0.39, 0.29) is 37.0 Å². The lowest BCUT2D eigenvalue weighted by Crippen LogP contribution is -2.56. The highest BCUT2D eigenvalue weighted by Crippen LogP contribution is 2.27. The van der Waals surface area contributed by atoms with Gasteiger partial charge in [-0.25, -0.2) is 13.2 Å². The summed E-state index contributed by atoms with van der Waals surface area (Å²) in [6, 6.07) is 25.3. The van der Waals surface area contributed by atoms with Crippen molar-refractivity contribution >= 4 is 49.3 Å². The van der Waals surface area contributed by atoms with Gasteiger partial charge in [-0.15, -0.1) is 0 Å². The fourth-order valence-electron chi connectivity index (χ4n) is 5.13. The Morgan fingerprint density at radius 1 is 0.780 bits per heavy atom. The van der Waals surface area contributed by atoms with E-state index in [4.69, 9.17) is 4.74 Å². The summed E-state index contributed by atoms with van der Waals surface area (Å²) in [6.45, 7) is 7.79. The van der Waals surface area contributed by atoms with Gasteiger partial charge in [0.1, 0.15) is 11.6 Å². The summed E-state index contributed by atoms with van der Waals surface area (Å²) in [4.78, 5) is 30.4. The fraction of sp³-hybridized carbons (Fsp3) is 0.312. The number of piperazine rings is 1. The molecule has 1 fully saturated rings. The van der Waals surface area contributed by atoms with Crippen LogP contribution < -0.4 is 4.90 Å². The first kappa shape index (κ1) is 28.6. The lowest BCUT2D eigenvalue weighted by molar-refractivity contribution is -0.133. The second-order valence-corrected chi connectivity index (χ2v) is 13.2. The summed E-state index contributed by atoms with van der Waals surface area (Å²) in [5, 5.41) is 3.78. The van der Waals surface area contributed by atoms with Gasteiger partial charge < -0.3 is 9.64 Å². The van der Waals surface area contributed by atoms with E-state index < -0.39 is 27.8 Å². The summed E-state index contributed by atoms with van der Waals surface area (Å²) in [6.07, 6.45) is -0.619. The average Bonchev–Trinajstić information content (AvgIpc) is 2.95. The number of nitrogens with zero attached hydrogens (tertiary/aromatic N) is 3. The van der Waals surface area contributed by atoms with Gasteiger partial charge in [0.2, 0.25) is 15.9 Å². The predicted molar refractivity (Wildman–Crippen MR) is 161 cm³/mol. The number of hydrogen-bond acceptors (Lipinski definition) is 5. The molecule has 1 saturated heterocycles. The van der Waals surface area contributed by atoms with E-state index >= 15 is 0 Å². The number of carbonyl (C=O) groups excluding carboxylic acids is 2. The minimum Gasteiger partial charge on any atom is -0.443 e. The van der Waals surface area contributed by atoms with Crippen LogP contribution in [0, 0.1) is 0 Å². The molecule has 5 rings (SSSR count). The minimum absolute atomic E-state index is 0.163. The zero-order valence-electron chi connectivity index (χ0n) is 23.8. The Hall–Kier alpha value is -3.95. The van der Waals surface area contributed by atoms with Crippen molar-refractivity contribution in [2.24, 2.45) is 0 Å². The zero-order valence-corrected chi connectivity index (χ0v) is 24.6. The van der Waals surface area contributed by atoms with Crippen LogP contribution in [-0.4, -0.2) is 67.4 Å². The number of fused-ring (bicyclic) bond motifs is 2. The fourth-order valence-corrected chi connectivity index (χ4v) is 6.58. The van der Waals surface area contributed by atoms with E-state index in [1.165, 1.54) is 9.21 Å². The molecule has 1 aliphatic rings. The Balaban J connectivity index is 1.34. The number of ether oxygens (including phenoxy) is 1. The van der Waals surface area contributed by atoms with E-state index in [9.17, 15) is 18.0 Å². The van der Waals surface area contributed by atoms with Gasteiger partial charge in [-0.2, -0.15) is 4.31 Å². The highest BCUT2D eigenvalue weighted by molar-refractivity contribution is 7.89. The predicted octanol–water partition coefficient (Wildman–Crippen LogP) is 5.66. The molecule has 9 heteroatoms. The van der Waals surface area contributed by atoms with Gasteiger partial charge in [0.25, 0.3) is 0 Å². The molecule has 0 aromatic heterocycles. The van der Waals surface area contributed by atoms with Crippen LogP contribution in [0.5, 0.6) is 0 Å². The Bertz CT molecular complexity index is 1710. The van der Waals surface area contributed by atoms with Gasteiger partial charge in [0.05, 0.1) is 4.90 Å². The molecule has 1 heterocycles. The van der Waals surface area contributed by atoms with Gasteiger partial charge in [-0.1, -0.05) is 60.7 Å². The van der Waals surface area contributed by atoms with Crippen LogP contribution in [0.1, 0.15) is 27.7 Å². The molecule has 1 atom stereocenters. The van der Waals surface area contributed by atoms with Crippen molar-refractivity contribution < 1.29 is 22.7 Å². The third-order valence-corrected chi connectivity index (χ3v) is 9.15. The Morgan fingerprint density at radius 2 is 1.32 bits per heavy atom. The van der Waals surface area contributed by atoms with Crippen LogP contribution in [0.3, 0.4) is 0 Å². The van der Waals surface area contributed by atoms with Gasteiger partial charge in [0, 0.05) is 31.9 Å². The summed E-state index contributed by atoms with van der Waals surface area (Å²) in [5.41, 5.74) is -0.200. The topological polar surface area (TPSA) is 87.2 Å². The third kappa shape index (κ3) is 6.06. The van der Waals surface area contributed by atoms with E-state index in [0.29, 0.717) is 5.69 Å². The van der Waals surface area contributed by atoms with Crippen LogP contribution >= 0.6 is 0 Å². The van der Waals surface area contributed by atoms with Gasteiger partial charge in [-0.05, 0) is 73.5 Å². The Labute approximate surface area is 241 Å². The molecule has 8 nitrogen and oxygen atoms in total. The second kappa shape index (κ2) is 11.1. The Morgan fingerprint density at radius 3 is 1.90 bits per heavy atom. The number of rotatable bonds is 5. The lowest BCUT2D eigenvalue weighted by Gasteiger charge is -2.38. The van der Waals surface area contributed by atoms with Crippen molar-refractivity contribution in [1.82, 2.24) is 9.21 Å². The first-order valence-corrected chi connectivity index (χ1v) is 15.2. The minimum atomic E-state index is -3.73. The largest absolute Gasteiger partial charge is 0.443 e. The number of sulfonamides is 1. The van der Waals surface area contributed by atoms with Crippen LogP contribution in [0.2, 0.25) is 0 Å². The molecule has 0 aliphatic carbocycles. The second-order valence-electron chi connectivity index (χ2n) is 11.3. The third-order valence-electron chi connectivity index (χ3n) is 7.26. The summed E-state index contributed by atoms with van der Waals surface area (Å²) in [5.74, 6) is -0.272. The highest BCUT2D eigenvalue weighted by atomic mass is 32.2. The molecule has 0 radical (unpaired) electrons. The molecule has 1 unspecified atom stereocenters. The van der Waals surface area contributed by atoms with E-state index in [2.05, 4.69) is 0 Å². The number of amides is 2. The van der Waals surface area contributed by atoms with Crippen molar-refractivity contribution in [3.05, 3.63) is 84.9 Å². The van der Waals surface area contributed by atoms with Crippen molar-refractivity contribution in [2.75, 3.05) is 31.1 Å². The van der Waals surface area contributed by atoms with Crippen molar-refractivity contribution in [1.29, 1.82) is 0 Å². The normalized spacial score (nSPS) is 15.6. The average molecular weight is 574 g/mol. The summed E-state index contributed by atoms with van der Waals surface area (Å²) >= 11 is 0. The molecule has 1 aliphatic heterocycles. The maximum atomic E-state index is 13.7. The standard InChI is InChI=1S/C32H35N3O5S/c1-23(35(31(37)40-32(2,3)4)28-15-13-24-9-5-7-11-26(24)21-28)30(36)33-17-19-34(20-18-33)41(38,39)29-16-14-25-10-6-8-12-27(25)22-29/h5-16,21-23H,17-20H2,1-4H3. The number of carbonyl (C=O) groups is 2. The molecular weight excluding hydrogens is 538 g/mol. The number of anilines is 1. The number of benzene rings is 4. The quantitative estimate of drug-likeness (QED) is 0.308. The van der Waals surface area contributed by atoms with E-state index in [1.54, 1.807) is 44.7 Å². The van der Waals surface area contributed by atoms with E-state index in [1.807, 2.05) is 72.8 Å². The lowest BCUT2D eigenvalue weighted by atomic mass is 10.1. The Kier molecular flexibility index (Phi) is 7.76. The maximum absolute atomic E-state index is 13.7. The van der Waals surface area contributed by atoms with Gasteiger partial charge >= 0.3 is 6.09 Å². The van der Waals surface area contributed by atoms with Gasteiger partial charge in [0.15, 0.2) is 0 Å².